The van der Waals surface area contributed by atoms with Crippen molar-refractivity contribution in [2.75, 3.05) is 0 Å². The van der Waals surface area contributed by atoms with E-state index in [1.807, 2.05) is 18.3 Å². The third kappa shape index (κ3) is 0.760. The molecule has 1 heterocycles. The molecule has 0 N–H and O–H groups in total. The first-order valence-electron chi connectivity index (χ1n) is 3.25. The van der Waals surface area contributed by atoms with Crippen LogP contribution in [0.5, 0.6) is 0 Å². The molecule has 1 aliphatic heterocycles. The number of hydrogen-bond acceptors (Lipinski definition) is 1. The van der Waals surface area contributed by atoms with E-state index in [4.69, 9.17) is 0 Å². The van der Waals surface area contributed by atoms with Crippen LogP contribution < -0.4 is 0 Å². The van der Waals surface area contributed by atoms with Gasteiger partial charge in [0.2, 0.25) is 0 Å². The van der Waals surface area contributed by atoms with Crippen molar-refractivity contribution in [3.8, 4) is 11.1 Å². The van der Waals surface area contributed by atoms with Gasteiger partial charge in [-0.25, -0.2) is 0 Å². The summed E-state index contributed by atoms with van der Waals surface area (Å²) in [5, 5.41) is 0. The van der Waals surface area contributed by atoms with Crippen molar-refractivity contribution in [1.82, 2.24) is 4.98 Å². The van der Waals surface area contributed by atoms with Crippen LogP contribution in [0, 0.1) is 0 Å². The summed E-state index contributed by atoms with van der Waals surface area (Å²) >= 11 is 0. The van der Waals surface area contributed by atoms with Crippen molar-refractivity contribution in [1.29, 1.82) is 0 Å². The van der Waals surface area contributed by atoms with Gasteiger partial charge in [0.1, 0.15) is 0 Å². The molecular formula is C9H7N. The summed E-state index contributed by atoms with van der Waals surface area (Å²) in [4.78, 5) is 4.05. The quantitative estimate of drug-likeness (QED) is 0.531. The van der Waals surface area contributed by atoms with Crippen LogP contribution in [0.3, 0.4) is 0 Å². The minimum atomic E-state index is 1.20. The van der Waals surface area contributed by atoms with Crippen molar-refractivity contribution in [3.63, 3.8) is 0 Å². The third-order valence-corrected chi connectivity index (χ3v) is 1.55. The fraction of sp³-hybridized carbons (Fsp3) is 0. The Hall–Kier alpha value is -1.37. The summed E-state index contributed by atoms with van der Waals surface area (Å²) in [6.07, 6.45) is 3.66. The summed E-state index contributed by atoms with van der Waals surface area (Å²) < 4.78 is 0. The molecule has 0 unspecified atom stereocenters. The van der Waals surface area contributed by atoms with E-state index in [-0.39, 0.29) is 0 Å². The molecule has 0 radical (unpaired) electrons. The molecule has 48 valence electrons. The normalized spacial score (nSPS) is 10.0. The van der Waals surface area contributed by atoms with Gasteiger partial charge in [-0.15, -0.1) is 0 Å². The van der Waals surface area contributed by atoms with E-state index in [0.29, 0.717) is 0 Å². The molecule has 0 amide bonds. The van der Waals surface area contributed by atoms with E-state index >= 15 is 0 Å². The highest BCUT2D eigenvalue weighted by Crippen LogP contribution is 2.18. The SMILES string of the molecule is c1cncc2cccc-2c1. The van der Waals surface area contributed by atoms with Crippen LogP contribution >= 0.6 is 0 Å². The highest BCUT2D eigenvalue weighted by molar-refractivity contribution is 5.64. The Morgan fingerprint density at radius 1 is 0.900 bits per heavy atom. The molecule has 0 aromatic carbocycles. The standard InChI is InChI=1S/C9H7N/c1-3-8-5-2-6-10-7-9(8)4-1/h1-7H. The number of nitrogens with zero attached hydrogens (tertiary/aromatic N) is 1. The summed E-state index contributed by atoms with van der Waals surface area (Å²) in [7, 11) is 0. The Kier molecular flexibility index (Phi) is 1.14. The number of fused-ring (bicyclic) bond motifs is 1. The average Bonchev–Trinajstić information content (AvgIpc) is 2.28. The molecule has 0 atom stereocenters. The van der Waals surface area contributed by atoms with E-state index < -0.39 is 0 Å². The monoisotopic (exact) mass is 129 g/mol. The van der Waals surface area contributed by atoms with Crippen LogP contribution in [0.15, 0.2) is 42.7 Å². The fourth-order valence-electron chi connectivity index (χ4n) is 1.04. The van der Waals surface area contributed by atoms with Crippen molar-refractivity contribution >= 4 is 0 Å². The summed E-state index contributed by atoms with van der Waals surface area (Å²) in [6.45, 7) is 0. The fourth-order valence-corrected chi connectivity index (χ4v) is 1.04. The maximum atomic E-state index is 4.05. The predicted octanol–water partition coefficient (Wildman–Crippen LogP) is 2.19. The van der Waals surface area contributed by atoms with Gasteiger partial charge in [0.25, 0.3) is 0 Å². The molecule has 1 heteroatoms. The molecule has 0 aromatic rings. The predicted molar refractivity (Wildman–Crippen MR) is 40.9 cm³/mol. The lowest BCUT2D eigenvalue weighted by atomic mass is 10.2. The molecule has 0 fully saturated rings. The van der Waals surface area contributed by atoms with Crippen LogP contribution in [-0.4, -0.2) is 4.98 Å². The van der Waals surface area contributed by atoms with Gasteiger partial charge in [-0.3, -0.25) is 4.98 Å². The summed E-state index contributed by atoms with van der Waals surface area (Å²) in [6, 6.07) is 10.2. The number of hydrogen-bond donors (Lipinski definition) is 0. The van der Waals surface area contributed by atoms with Crippen LogP contribution in [0.1, 0.15) is 0 Å². The maximum absolute atomic E-state index is 4.05. The Balaban J connectivity index is 2.74. The Bertz CT molecular complexity index is 276. The smallest absolute Gasteiger partial charge is 0.0346 e. The molecule has 2 aliphatic rings. The third-order valence-electron chi connectivity index (χ3n) is 1.55. The first kappa shape index (κ1) is 5.42. The largest absolute Gasteiger partial charge is 0.264 e. The molecule has 10 heavy (non-hydrogen) atoms. The lowest BCUT2D eigenvalue weighted by molar-refractivity contribution is 1.37. The van der Waals surface area contributed by atoms with E-state index in [1.165, 1.54) is 11.1 Å². The van der Waals surface area contributed by atoms with Crippen LogP contribution in [0.2, 0.25) is 0 Å². The zero-order valence-corrected chi connectivity index (χ0v) is 5.49. The van der Waals surface area contributed by atoms with Crippen LogP contribution in [0.4, 0.5) is 0 Å². The van der Waals surface area contributed by atoms with Crippen LogP contribution in [-0.2, 0) is 0 Å². The second-order valence-electron chi connectivity index (χ2n) is 2.22. The summed E-state index contributed by atoms with van der Waals surface area (Å²) in [5.74, 6) is 0. The second kappa shape index (κ2) is 2.10. The van der Waals surface area contributed by atoms with E-state index in [2.05, 4.69) is 23.2 Å². The van der Waals surface area contributed by atoms with Gasteiger partial charge in [-0.05, 0) is 17.2 Å². The highest BCUT2D eigenvalue weighted by atomic mass is 14.6. The lowest BCUT2D eigenvalue weighted by Crippen LogP contribution is -1.62. The molecule has 0 saturated carbocycles. The van der Waals surface area contributed by atoms with Gasteiger partial charge < -0.3 is 0 Å². The lowest BCUT2D eigenvalue weighted by Gasteiger charge is -1.84. The van der Waals surface area contributed by atoms with E-state index in [0.717, 1.165) is 0 Å². The van der Waals surface area contributed by atoms with Crippen molar-refractivity contribution in [2.45, 2.75) is 0 Å². The van der Waals surface area contributed by atoms with Gasteiger partial charge in [-0.1, -0.05) is 24.3 Å². The first-order valence-corrected chi connectivity index (χ1v) is 3.25. The van der Waals surface area contributed by atoms with Crippen LogP contribution in [0.25, 0.3) is 11.1 Å². The van der Waals surface area contributed by atoms with Gasteiger partial charge in [0.15, 0.2) is 0 Å². The maximum Gasteiger partial charge on any atom is 0.0346 e. The minimum absolute atomic E-state index is 1.20. The second-order valence-corrected chi connectivity index (χ2v) is 2.22. The molecule has 0 aromatic heterocycles. The highest BCUT2D eigenvalue weighted by Gasteiger charge is 1.95. The Morgan fingerprint density at radius 3 is 2.70 bits per heavy atom. The minimum Gasteiger partial charge on any atom is -0.264 e. The van der Waals surface area contributed by atoms with Crippen molar-refractivity contribution in [3.05, 3.63) is 42.7 Å². The van der Waals surface area contributed by atoms with E-state index in [9.17, 15) is 0 Å². The average molecular weight is 129 g/mol. The molecule has 1 nitrogen and oxygen atoms in total. The molecule has 0 saturated heterocycles. The van der Waals surface area contributed by atoms with Crippen molar-refractivity contribution < 1.29 is 0 Å². The van der Waals surface area contributed by atoms with Crippen molar-refractivity contribution in [2.24, 2.45) is 0 Å². The summed E-state index contributed by atoms with van der Waals surface area (Å²) in [5.41, 5.74) is 2.45. The Morgan fingerprint density at radius 2 is 1.70 bits per heavy atom. The number of rotatable bonds is 0. The van der Waals surface area contributed by atoms with Gasteiger partial charge >= 0.3 is 0 Å². The van der Waals surface area contributed by atoms with Gasteiger partial charge in [-0.2, -0.15) is 0 Å². The zero-order chi connectivity index (χ0) is 6.81. The van der Waals surface area contributed by atoms with Gasteiger partial charge in [0.05, 0.1) is 0 Å². The topological polar surface area (TPSA) is 12.9 Å². The molecule has 0 bridgehead atoms. The molecular weight excluding hydrogens is 122 g/mol. The Labute approximate surface area is 59.7 Å². The molecule has 2 rings (SSSR count). The molecule has 1 aliphatic carbocycles. The van der Waals surface area contributed by atoms with Gasteiger partial charge in [0, 0.05) is 12.4 Å². The first-order chi connectivity index (χ1) is 4.97. The number of aromatic nitrogens is 1. The molecule has 0 spiro atoms. The zero-order valence-electron chi connectivity index (χ0n) is 5.49. The van der Waals surface area contributed by atoms with E-state index in [1.54, 1.807) is 6.20 Å².